The quantitative estimate of drug-likeness (QED) is 0.557. The van der Waals surface area contributed by atoms with Crippen molar-refractivity contribution in [3.05, 3.63) is 53.9 Å². The van der Waals surface area contributed by atoms with Crippen LogP contribution in [0.25, 0.3) is 10.8 Å². The molecule has 1 saturated heterocycles. The SMILES string of the molecule is C[C@@H](NC(=O)CSc1nnc(C[C@@H]2CCS(=O)(=O)C2)o1)c1ccc2ccccc2c1. The van der Waals surface area contributed by atoms with Gasteiger partial charge in [0.25, 0.3) is 5.22 Å². The molecular formula is C21H23N3O4S2. The first-order valence-electron chi connectivity index (χ1n) is 9.82. The van der Waals surface area contributed by atoms with E-state index in [4.69, 9.17) is 4.42 Å². The minimum atomic E-state index is -2.93. The van der Waals surface area contributed by atoms with Gasteiger partial charge in [-0.3, -0.25) is 4.79 Å². The fraction of sp³-hybridized carbons (Fsp3) is 0.381. The summed E-state index contributed by atoms with van der Waals surface area (Å²) in [5, 5.41) is 13.5. The van der Waals surface area contributed by atoms with Gasteiger partial charge in [0.2, 0.25) is 11.8 Å². The Labute approximate surface area is 179 Å². The van der Waals surface area contributed by atoms with Crippen LogP contribution in [-0.2, 0) is 21.1 Å². The molecule has 4 rings (SSSR count). The molecule has 158 valence electrons. The van der Waals surface area contributed by atoms with Crippen molar-refractivity contribution >= 4 is 38.3 Å². The molecule has 0 unspecified atom stereocenters. The summed E-state index contributed by atoms with van der Waals surface area (Å²) in [5.41, 5.74) is 1.04. The first kappa shape index (κ1) is 20.9. The van der Waals surface area contributed by atoms with Gasteiger partial charge in [0.05, 0.1) is 23.3 Å². The molecule has 1 amide bonds. The Morgan fingerprint density at radius 2 is 2.03 bits per heavy atom. The minimum Gasteiger partial charge on any atom is -0.416 e. The number of amides is 1. The summed E-state index contributed by atoms with van der Waals surface area (Å²) >= 11 is 1.18. The molecular weight excluding hydrogens is 422 g/mol. The summed E-state index contributed by atoms with van der Waals surface area (Å²) in [6.07, 6.45) is 1.08. The number of thioether (sulfide) groups is 1. The van der Waals surface area contributed by atoms with E-state index in [9.17, 15) is 13.2 Å². The Kier molecular flexibility index (Phi) is 6.10. The predicted octanol–water partition coefficient (Wildman–Crippen LogP) is 3.17. The van der Waals surface area contributed by atoms with Crippen molar-refractivity contribution in [3.63, 3.8) is 0 Å². The Morgan fingerprint density at radius 1 is 1.23 bits per heavy atom. The lowest BCUT2D eigenvalue weighted by Crippen LogP contribution is -2.28. The first-order chi connectivity index (χ1) is 14.4. The number of carbonyl (C=O) groups excluding carboxylic acids is 1. The molecule has 1 aliphatic rings. The number of benzene rings is 2. The molecule has 3 aromatic rings. The molecule has 2 aromatic carbocycles. The number of nitrogens with one attached hydrogen (secondary N) is 1. The van der Waals surface area contributed by atoms with Gasteiger partial charge in [-0.25, -0.2) is 8.42 Å². The van der Waals surface area contributed by atoms with Gasteiger partial charge < -0.3 is 9.73 Å². The highest BCUT2D eigenvalue weighted by Crippen LogP contribution is 2.24. The number of rotatable bonds is 7. The maximum Gasteiger partial charge on any atom is 0.277 e. The molecule has 7 nitrogen and oxygen atoms in total. The van der Waals surface area contributed by atoms with Gasteiger partial charge in [0.15, 0.2) is 9.84 Å². The zero-order valence-electron chi connectivity index (χ0n) is 16.6. The molecule has 1 aliphatic heterocycles. The summed E-state index contributed by atoms with van der Waals surface area (Å²) in [6.45, 7) is 1.95. The number of hydrogen-bond acceptors (Lipinski definition) is 7. The highest BCUT2D eigenvalue weighted by Gasteiger charge is 2.29. The van der Waals surface area contributed by atoms with Crippen LogP contribution in [0.15, 0.2) is 52.1 Å². The van der Waals surface area contributed by atoms with Crippen molar-refractivity contribution in [2.75, 3.05) is 17.3 Å². The number of carbonyl (C=O) groups is 1. The molecule has 1 N–H and O–H groups in total. The van der Waals surface area contributed by atoms with Crippen molar-refractivity contribution in [2.45, 2.75) is 31.0 Å². The molecule has 30 heavy (non-hydrogen) atoms. The number of sulfone groups is 1. The van der Waals surface area contributed by atoms with Crippen LogP contribution in [0.3, 0.4) is 0 Å². The minimum absolute atomic E-state index is 0.0272. The van der Waals surface area contributed by atoms with E-state index in [2.05, 4.69) is 39.8 Å². The average molecular weight is 446 g/mol. The Hall–Kier alpha value is -2.39. The second-order valence-electron chi connectivity index (χ2n) is 7.62. The Bertz CT molecular complexity index is 1160. The largest absolute Gasteiger partial charge is 0.416 e. The van der Waals surface area contributed by atoms with Crippen LogP contribution in [0.4, 0.5) is 0 Å². The molecule has 0 radical (unpaired) electrons. The van der Waals surface area contributed by atoms with E-state index in [-0.39, 0.29) is 35.1 Å². The normalized spacial score (nSPS) is 19.0. The van der Waals surface area contributed by atoms with Gasteiger partial charge in [-0.2, -0.15) is 0 Å². The van der Waals surface area contributed by atoms with Gasteiger partial charge in [0, 0.05) is 6.42 Å². The number of aromatic nitrogens is 2. The standard InChI is InChI=1S/C21H23N3O4S2/c1-14(17-7-6-16-4-2-3-5-18(16)11-17)22-19(25)12-29-21-24-23-20(28-21)10-15-8-9-30(26,27)13-15/h2-7,11,14-15H,8-10,12-13H2,1H3,(H,22,25)/t14-,15+/m1/s1. The van der Waals surface area contributed by atoms with Crippen molar-refractivity contribution in [1.29, 1.82) is 0 Å². The summed E-state index contributed by atoms with van der Waals surface area (Å²) in [6, 6.07) is 14.2. The smallest absolute Gasteiger partial charge is 0.277 e. The van der Waals surface area contributed by atoms with Crippen LogP contribution < -0.4 is 5.32 Å². The molecule has 0 aliphatic carbocycles. The van der Waals surface area contributed by atoms with E-state index >= 15 is 0 Å². The van der Waals surface area contributed by atoms with Crippen LogP contribution in [-0.4, -0.2) is 41.8 Å². The van der Waals surface area contributed by atoms with E-state index < -0.39 is 9.84 Å². The second kappa shape index (κ2) is 8.77. The molecule has 0 saturated carbocycles. The molecule has 9 heteroatoms. The number of nitrogens with zero attached hydrogens (tertiary/aromatic N) is 2. The molecule has 0 bridgehead atoms. The van der Waals surface area contributed by atoms with Crippen molar-refractivity contribution in [2.24, 2.45) is 5.92 Å². The average Bonchev–Trinajstić information content (AvgIpc) is 3.31. The summed E-state index contributed by atoms with van der Waals surface area (Å²) in [7, 11) is -2.93. The lowest BCUT2D eigenvalue weighted by Gasteiger charge is -2.14. The number of fused-ring (bicyclic) bond motifs is 1. The zero-order chi connectivity index (χ0) is 21.1. The Balaban J connectivity index is 1.27. The fourth-order valence-corrected chi connectivity index (χ4v) is 6.08. The molecule has 2 heterocycles. The third kappa shape index (κ3) is 5.20. The highest BCUT2D eigenvalue weighted by molar-refractivity contribution is 7.99. The van der Waals surface area contributed by atoms with Crippen molar-refractivity contribution in [1.82, 2.24) is 15.5 Å². The second-order valence-corrected chi connectivity index (χ2v) is 10.8. The van der Waals surface area contributed by atoms with E-state index in [1.54, 1.807) is 0 Å². The van der Waals surface area contributed by atoms with Crippen LogP contribution in [0.5, 0.6) is 0 Å². The summed E-state index contributed by atoms with van der Waals surface area (Å²) in [5.74, 6) is 0.888. The molecule has 2 atom stereocenters. The van der Waals surface area contributed by atoms with Crippen LogP contribution in [0.2, 0.25) is 0 Å². The highest BCUT2D eigenvalue weighted by atomic mass is 32.2. The molecule has 1 fully saturated rings. The third-order valence-corrected chi connectivity index (χ3v) is 7.87. The Morgan fingerprint density at radius 3 is 2.80 bits per heavy atom. The molecule has 0 spiro atoms. The maximum atomic E-state index is 12.3. The third-order valence-electron chi connectivity index (χ3n) is 5.22. The van der Waals surface area contributed by atoms with Crippen molar-refractivity contribution < 1.29 is 17.6 Å². The van der Waals surface area contributed by atoms with Crippen LogP contribution in [0, 0.1) is 5.92 Å². The fourth-order valence-electron chi connectivity index (χ4n) is 3.63. The summed E-state index contributed by atoms with van der Waals surface area (Å²) in [4.78, 5) is 12.3. The van der Waals surface area contributed by atoms with E-state index in [0.29, 0.717) is 24.0 Å². The van der Waals surface area contributed by atoms with Crippen molar-refractivity contribution in [3.8, 4) is 0 Å². The lowest BCUT2D eigenvalue weighted by molar-refractivity contribution is -0.119. The van der Waals surface area contributed by atoms with Crippen LogP contribution in [0.1, 0.15) is 30.8 Å². The van der Waals surface area contributed by atoms with Crippen LogP contribution >= 0.6 is 11.8 Å². The molecule has 1 aromatic heterocycles. The predicted molar refractivity (Wildman–Crippen MR) is 116 cm³/mol. The summed E-state index contributed by atoms with van der Waals surface area (Å²) < 4.78 is 28.7. The van der Waals surface area contributed by atoms with E-state index in [1.165, 1.54) is 11.8 Å². The number of hydrogen-bond donors (Lipinski definition) is 1. The topological polar surface area (TPSA) is 102 Å². The van der Waals surface area contributed by atoms with Gasteiger partial charge in [0.1, 0.15) is 0 Å². The first-order valence-corrected chi connectivity index (χ1v) is 12.6. The van der Waals surface area contributed by atoms with Gasteiger partial charge >= 0.3 is 0 Å². The van der Waals surface area contributed by atoms with E-state index in [0.717, 1.165) is 16.3 Å². The monoisotopic (exact) mass is 445 g/mol. The maximum absolute atomic E-state index is 12.3. The lowest BCUT2D eigenvalue weighted by atomic mass is 10.0. The van der Waals surface area contributed by atoms with Gasteiger partial charge in [-0.15, -0.1) is 10.2 Å². The van der Waals surface area contributed by atoms with Gasteiger partial charge in [-0.1, -0.05) is 48.2 Å². The van der Waals surface area contributed by atoms with E-state index in [1.807, 2.05) is 25.1 Å². The zero-order valence-corrected chi connectivity index (χ0v) is 18.2. The van der Waals surface area contributed by atoms with Gasteiger partial charge in [-0.05, 0) is 41.7 Å².